The zero-order valence-electron chi connectivity index (χ0n) is 22.1. The van der Waals surface area contributed by atoms with Gasteiger partial charge in [-0.25, -0.2) is 0 Å². The van der Waals surface area contributed by atoms with Crippen LogP contribution in [0.2, 0.25) is 5.02 Å². The number of para-hydroxylation sites is 2. The number of carbonyl (C=O) groups excluding carboxylic acids is 1. The van der Waals surface area contributed by atoms with Crippen LogP contribution >= 0.6 is 11.6 Å². The fourth-order valence-electron chi connectivity index (χ4n) is 6.00. The molecule has 1 aliphatic carbocycles. The largest absolute Gasteiger partial charge is 0.455 e. The van der Waals surface area contributed by atoms with E-state index in [1.54, 1.807) is 13.2 Å². The Hall–Kier alpha value is -2.12. The van der Waals surface area contributed by atoms with Crippen molar-refractivity contribution in [1.82, 2.24) is 4.90 Å². The van der Waals surface area contributed by atoms with E-state index in [4.69, 9.17) is 26.8 Å². The number of aliphatic hydroxyl groups is 1. The molecule has 4 unspecified atom stereocenters. The third kappa shape index (κ3) is 6.48. The minimum absolute atomic E-state index is 0.00494. The summed E-state index contributed by atoms with van der Waals surface area (Å²) in [6.45, 7) is 3.86. The van der Waals surface area contributed by atoms with Crippen LogP contribution in [0.5, 0.6) is 11.5 Å². The van der Waals surface area contributed by atoms with Gasteiger partial charge in [0, 0.05) is 50.2 Å². The standard InChI is InChI=1S/C30H41ClN2O4/c1-21-9-3-4-13-27(21)37-28-25(11-7-12-26(28)31)30(35,16-5-6-18-36-2)23-10-8-17-33(20-23)29(34)22-14-15-24(32)19-22/h3-4,7,9,11-13,22-24,35H,5-6,8,10,14-20,32H2,1-2H3. The van der Waals surface area contributed by atoms with Crippen LogP contribution in [-0.2, 0) is 15.1 Å². The van der Waals surface area contributed by atoms with Crippen LogP contribution in [0.4, 0.5) is 0 Å². The van der Waals surface area contributed by atoms with Crippen LogP contribution in [-0.4, -0.2) is 48.8 Å². The number of ether oxygens (including phenoxy) is 2. The molecule has 0 radical (unpaired) electrons. The van der Waals surface area contributed by atoms with Crippen molar-refractivity contribution >= 4 is 17.5 Å². The lowest BCUT2D eigenvalue weighted by Gasteiger charge is -2.44. The van der Waals surface area contributed by atoms with Gasteiger partial charge in [0.2, 0.25) is 5.91 Å². The highest BCUT2D eigenvalue weighted by Crippen LogP contribution is 2.47. The lowest BCUT2D eigenvalue weighted by Crippen LogP contribution is -2.49. The number of benzene rings is 2. The second-order valence-electron chi connectivity index (χ2n) is 10.8. The summed E-state index contributed by atoms with van der Waals surface area (Å²) in [6, 6.07) is 13.5. The molecule has 202 valence electrons. The van der Waals surface area contributed by atoms with Crippen molar-refractivity contribution in [2.75, 3.05) is 26.8 Å². The third-order valence-electron chi connectivity index (χ3n) is 8.13. The first-order valence-corrected chi connectivity index (χ1v) is 14.0. The van der Waals surface area contributed by atoms with Gasteiger partial charge in [0.05, 0.1) is 10.6 Å². The lowest BCUT2D eigenvalue weighted by atomic mass is 9.73. The molecule has 2 aromatic carbocycles. The van der Waals surface area contributed by atoms with Crippen molar-refractivity contribution in [2.24, 2.45) is 17.6 Å². The minimum atomic E-state index is -1.21. The Labute approximate surface area is 226 Å². The average molecular weight is 529 g/mol. The highest BCUT2D eigenvalue weighted by molar-refractivity contribution is 6.32. The van der Waals surface area contributed by atoms with Crippen molar-refractivity contribution in [3.63, 3.8) is 0 Å². The van der Waals surface area contributed by atoms with Crippen molar-refractivity contribution in [3.8, 4) is 11.5 Å². The molecule has 4 atom stereocenters. The molecule has 2 fully saturated rings. The number of rotatable bonds is 10. The highest BCUT2D eigenvalue weighted by Gasteiger charge is 2.44. The Bertz CT molecular complexity index is 1060. The molecule has 0 bridgehead atoms. The van der Waals surface area contributed by atoms with E-state index in [0.717, 1.165) is 57.1 Å². The first-order chi connectivity index (χ1) is 17.8. The van der Waals surface area contributed by atoms with Gasteiger partial charge in [0.15, 0.2) is 5.75 Å². The molecule has 1 aliphatic heterocycles. The zero-order valence-corrected chi connectivity index (χ0v) is 22.9. The number of likely N-dealkylation sites (tertiary alicyclic amines) is 1. The zero-order chi connectivity index (χ0) is 26.4. The Morgan fingerprint density at radius 1 is 1.16 bits per heavy atom. The number of unbranched alkanes of at least 4 members (excludes halogenated alkanes) is 1. The summed E-state index contributed by atoms with van der Waals surface area (Å²) in [5, 5.41) is 13.0. The number of halogens is 1. The van der Waals surface area contributed by atoms with E-state index in [0.29, 0.717) is 41.7 Å². The van der Waals surface area contributed by atoms with Gasteiger partial charge in [-0.05, 0) is 76.0 Å². The van der Waals surface area contributed by atoms with E-state index < -0.39 is 5.60 Å². The molecule has 1 heterocycles. The van der Waals surface area contributed by atoms with Crippen LogP contribution in [0, 0.1) is 18.8 Å². The quantitative estimate of drug-likeness (QED) is 0.380. The van der Waals surface area contributed by atoms with Gasteiger partial charge in [-0.2, -0.15) is 0 Å². The second-order valence-corrected chi connectivity index (χ2v) is 11.2. The fourth-order valence-corrected chi connectivity index (χ4v) is 6.21. The number of piperidine rings is 1. The summed E-state index contributed by atoms with van der Waals surface area (Å²) < 4.78 is 11.7. The molecule has 3 N–H and O–H groups in total. The van der Waals surface area contributed by atoms with Crippen molar-refractivity contribution in [3.05, 3.63) is 58.6 Å². The number of nitrogens with zero attached hydrogens (tertiary/aromatic N) is 1. The molecule has 1 amide bonds. The van der Waals surface area contributed by atoms with Crippen molar-refractivity contribution in [1.29, 1.82) is 0 Å². The lowest BCUT2D eigenvalue weighted by molar-refractivity contribution is -0.141. The molecule has 1 saturated heterocycles. The van der Waals surface area contributed by atoms with Gasteiger partial charge in [-0.15, -0.1) is 0 Å². The van der Waals surface area contributed by atoms with Gasteiger partial charge < -0.3 is 25.2 Å². The highest BCUT2D eigenvalue weighted by atomic mass is 35.5. The topological polar surface area (TPSA) is 85.0 Å². The molecule has 37 heavy (non-hydrogen) atoms. The van der Waals surface area contributed by atoms with Crippen molar-refractivity contribution in [2.45, 2.75) is 69.9 Å². The summed E-state index contributed by atoms with van der Waals surface area (Å²) in [7, 11) is 1.69. The van der Waals surface area contributed by atoms with E-state index in [9.17, 15) is 9.90 Å². The third-order valence-corrected chi connectivity index (χ3v) is 8.42. The van der Waals surface area contributed by atoms with Crippen LogP contribution in [0.25, 0.3) is 0 Å². The van der Waals surface area contributed by atoms with Gasteiger partial charge >= 0.3 is 0 Å². The number of amides is 1. The van der Waals surface area contributed by atoms with Crippen LogP contribution < -0.4 is 10.5 Å². The van der Waals surface area contributed by atoms with Gasteiger partial charge in [-0.3, -0.25) is 4.79 Å². The summed E-state index contributed by atoms with van der Waals surface area (Å²) in [4.78, 5) is 15.3. The number of methoxy groups -OCH3 is 1. The normalized spacial score (nSPS) is 23.6. The van der Waals surface area contributed by atoms with E-state index >= 15 is 0 Å². The first kappa shape index (κ1) is 27.9. The van der Waals surface area contributed by atoms with E-state index in [-0.39, 0.29) is 23.8 Å². The van der Waals surface area contributed by atoms with Crippen LogP contribution in [0.3, 0.4) is 0 Å². The molecule has 4 rings (SSSR count). The maximum Gasteiger partial charge on any atom is 0.225 e. The molecule has 0 spiro atoms. The molecule has 7 heteroatoms. The average Bonchev–Trinajstić information content (AvgIpc) is 3.34. The second kappa shape index (κ2) is 12.6. The summed E-state index contributed by atoms with van der Waals surface area (Å²) in [6.07, 6.45) is 6.33. The minimum Gasteiger partial charge on any atom is -0.455 e. The monoisotopic (exact) mass is 528 g/mol. The Kier molecular flexibility index (Phi) is 9.51. The summed E-state index contributed by atoms with van der Waals surface area (Å²) >= 11 is 6.71. The molecule has 1 saturated carbocycles. The Morgan fingerprint density at radius 2 is 1.97 bits per heavy atom. The first-order valence-electron chi connectivity index (χ1n) is 13.6. The molecular formula is C30H41ClN2O4. The van der Waals surface area contributed by atoms with E-state index in [1.165, 1.54) is 0 Å². The number of nitrogens with two attached hydrogens (primary N) is 1. The van der Waals surface area contributed by atoms with Gasteiger partial charge in [-0.1, -0.05) is 41.9 Å². The van der Waals surface area contributed by atoms with Crippen molar-refractivity contribution < 1.29 is 19.4 Å². The SMILES string of the molecule is COCCCCC(O)(c1cccc(Cl)c1Oc1ccccc1C)C1CCCN(C(=O)C2CCC(N)C2)C1. The molecule has 2 aliphatic rings. The van der Waals surface area contributed by atoms with E-state index in [2.05, 4.69) is 0 Å². The Balaban J connectivity index is 1.65. The van der Waals surface area contributed by atoms with Crippen LogP contribution in [0.15, 0.2) is 42.5 Å². The molecular weight excluding hydrogens is 488 g/mol. The summed E-state index contributed by atoms with van der Waals surface area (Å²) in [5.74, 6) is 1.23. The maximum absolute atomic E-state index is 13.4. The number of carbonyl (C=O) groups is 1. The number of hydrogen-bond acceptors (Lipinski definition) is 5. The molecule has 6 nitrogen and oxygen atoms in total. The molecule has 2 aromatic rings. The Morgan fingerprint density at radius 3 is 2.70 bits per heavy atom. The summed E-state index contributed by atoms with van der Waals surface area (Å²) in [5.41, 5.74) is 6.57. The predicted octanol–water partition coefficient (Wildman–Crippen LogP) is 5.81. The predicted molar refractivity (Wildman–Crippen MR) is 147 cm³/mol. The molecule has 0 aromatic heterocycles. The van der Waals surface area contributed by atoms with Gasteiger partial charge in [0.25, 0.3) is 0 Å². The number of aryl methyl sites for hydroxylation is 1. The van der Waals surface area contributed by atoms with E-state index in [1.807, 2.05) is 48.2 Å². The van der Waals surface area contributed by atoms with Gasteiger partial charge in [0.1, 0.15) is 5.75 Å². The maximum atomic E-state index is 13.4. The number of hydrogen-bond donors (Lipinski definition) is 2. The fraction of sp³-hybridized carbons (Fsp3) is 0.567. The van der Waals surface area contributed by atoms with Crippen LogP contribution in [0.1, 0.15) is 62.5 Å². The smallest absolute Gasteiger partial charge is 0.225 e.